The van der Waals surface area contributed by atoms with Crippen LogP contribution in [-0.4, -0.2) is 47.7 Å². The van der Waals surface area contributed by atoms with Crippen molar-refractivity contribution >= 4 is 45.5 Å². The van der Waals surface area contributed by atoms with Gasteiger partial charge in [0.15, 0.2) is 4.34 Å². The predicted octanol–water partition coefficient (Wildman–Crippen LogP) is 4.11. The molecule has 2 heterocycles. The maximum atomic E-state index is 12.6. The predicted molar refractivity (Wildman–Crippen MR) is 127 cm³/mol. The standard InChI is InChI=1S/C22H25N5O2S2/c1-16(30-22-26-25-21(31-22)23-15-17-5-3-2-4-6-17)20(28)24-18-7-9-19(10-8-18)27-11-13-29-14-12-27/h2-10,16H,11-15H2,1H3,(H,23,25)(H,24,28). The number of hydrogen-bond donors (Lipinski definition) is 2. The number of aromatic nitrogens is 2. The first-order valence-corrected chi connectivity index (χ1v) is 11.9. The van der Waals surface area contributed by atoms with Crippen LogP contribution in [0.2, 0.25) is 0 Å². The second kappa shape index (κ2) is 10.6. The molecule has 0 spiro atoms. The van der Waals surface area contributed by atoms with E-state index in [1.807, 2.05) is 49.4 Å². The first kappa shape index (κ1) is 21.6. The maximum Gasteiger partial charge on any atom is 0.237 e. The number of ether oxygens (including phenoxy) is 1. The van der Waals surface area contributed by atoms with E-state index in [-0.39, 0.29) is 11.2 Å². The fourth-order valence-corrected chi connectivity index (χ4v) is 5.02. The van der Waals surface area contributed by atoms with Crippen LogP contribution in [0.3, 0.4) is 0 Å². The van der Waals surface area contributed by atoms with Gasteiger partial charge in [0.1, 0.15) is 0 Å². The molecule has 1 aromatic heterocycles. The summed E-state index contributed by atoms with van der Waals surface area (Å²) in [6.07, 6.45) is 0. The zero-order chi connectivity index (χ0) is 21.5. The molecule has 4 rings (SSSR count). The van der Waals surface area contributed by atoms with Crippen LogP contribution in [0.15, 0.2) is 58.9 Å². The van der Waals surface area contributed by atoms with Crippen LogP contribution in [0.5, 0.6) is 0 Å². The van der Waals surface area contributed by atoms with E-state index < -0.39 is 0 Å². The van der Waals surface area contributed by atoms with Crippen molar-refractivity contribution in [2.75, 3.05) is 41.8 Å². The molecule has 7 nitrogen and oxygen atoms in total. The average molecular weight is 456 g/mol. The minimum atomic E-state index is -0.283. The molecule has 0 bridgehead atoms. The number of nitrogens with zero attached hydrogens (tertiary/aromatic N) is 3. The zero-order valence-corrected chi connectivity index (χ0v) is 18.9. The molecule has 1 aliphatic heterocycles. The van der Waals surface area contributed by atoms with Gasteiger partial charge in [0.25, 0.3) is 0 Å². The third-order valence-electron chi connectivity index (χ3n) is 4.85. The van der Waals surface area contributed by atoms with Crippen LogP contribution < -0.4 is 15.5 Å². The lowest BCUT2D eigenvalue weighted by Crippen LogP contribution is -2.36. The average Bonchev–Trinajstić information content (AvgIpc) is 3.26. The van der Waals surface area contributed by atoms with Gasteiger partial charge in [-0.3, -0.25) is 4.79 Å². The Balaban J connectivity index is 1.26. The van der Waals surface area contributed by atoms with Crippen molar-refractivity contribution in [2.24, 2.45) is 0 Å². The van der Waals surface area contributed by atoms with Crippen molar-refractivity contribution in [3.63, 3.8) is 0 Å². The lowest BCUT2D eigenvalue weighted by molar-refractivity contribution is -0.115. The molecule has 0 saturated carbocycles. The van der Waals surface area contributed by atoms with Crippen molar-refractivity contribution < 1.29 is 9.53 Å². The lowest BCUT2D eigenvalue weighted by Gasteiger charge is -2.28. The van der Waals surface area contributed by atoms with Crippen LogP contribution in [0.1, 0.15) is 12.5 Å². The molecule has 0 radical (unpaired) electrons. The summed E-state index contributed by atoms with van der Waals surface area (Å²) < 4.78 is 6.16. The van der Waals surface area contributed by atoms with Crippen LogP contribution in [0, 0.1) is 0 Å². The van der Waals surface area contributed by atoms with Crippen LogP contribution in [-0.2, 0) is 16.1 Å². The largest absolute Gasteiger partial charge is 0.378 e. The van der Waals surface area contributed by atoms with Crippen LogP contribution in [0.4, 0.5) is 16.5 Å². The second-order valence-electron chi connectivity index (χ2n) is 7.11. The van der Waals surface area contributed by atoms with E-state index in [0.717, 1.165) is 47.1 Å². The van der Waals surface area contributed by atoms with Gasteiger partial charge in [-0.05, 0) is 36.8 Å². The summed E-state index contributed by atoms with van der Waals surface area (Å²) in [5, 5.41) is 15.1. The van der Waals surface area contributed by atoms with Gasteiger partial charge in [0.05, 0.1) is 18.5 Å². The third-order valence-corrected chi connectivity index (χ3v) is 6.92. The number of benzene rings is 2. The Kier molecular flexibility index (Phi) is 7.39. The summed E-state index contributed by atoms with van der Waals surface area (Å²) in [5.74, 6) is -0.0573. The molecule has 1 saturated heterocycles. The van der Waals surface area contributed by atoms with Crippen molar-refractivity contribution in [3.05, 3.63) is 60.2 Å². The quantitative estimate of drug-likeness (QED) is 0.495. The van der Waals surface area contributed by atoms with Crippen molar-refractivity contribution in [1.29, 1.82) is 0 Å². The summed E-state index contributed by atoms with van der Waals surface area (Å²) in [4.78, 5) is 14.9. The summed E-state index contributed by atoms with van der Waals surface area (Å²) in [6.45, 7) is 5.86. The highest BCUT2D eigenvalue weighted by Gasteiger charge is 2.18. The minimum Gasteiger partial charge on any atom is -0.378 e. The van der Waals surface area contributed by atoms with Gasteiger partial charge >= 0.3 is 0 Å². The number of carbonyl (C=O) groups excluding carboxylic acids is 1. The van der Waals surface area contributed by atoms with Gasteiger partial charge in [0.2, 0.25) is 11.0 Å². The number of thioether (sulfide) groups is 1. The number of rotatable bonds is 8. The SMILES string of the molecule is CC(Sc1nnc(NCc2ccccc2)s1)C(=O)Nc1ccc(N2CCOCC2)cc1. The van der Waals surface area contributed by atoms with E-state index in [1.165, 1.54) is 28.7 Å². The lowest BCUT2D eigenvalue weighted by atomic mass is 10.2. The molecule has 2 aromatic carbocycles. The summed E-state index contributed by atoms with van der Waals surface area (Å²) in [5.41, 5.74) is 3.12. The Morgan fingerprint density at radius 1 is 1.13 bits per heavy atom. The molecular formula is C22H25N5O2S2. The molecule has 162 valence electrons. The van der Waals surface area contributed by atoms with Gasteiger partial charge in [-0.1, -0.05) is 53.4 Å². The second-order valence-corrected chi connectivity index (χ2v) is 9.67. The normalized spacial score (nSPS) is 14.8. The molecule has 1 fully saturated rings. The number of anilines is 3. The first-order valence-electron chi connectivity index (χ1n) is 10.2. The molecular weight excluding hydrogens is 430 g/mol. The zero-order valence-electron chi connectivity index (χ0n) is 17.3. The number of hydrogen-bond acceptors (Lipinski definition) is 8. The topological polar surface area (TPSA) is 79.4 Å². The van der Waals surface area contributed by atoms with Crippen LogP contribution in [0.25, 0.3) is 0 Å². The first-order chi connectivity index (χ1) is 15.2. The van der Waals surface area contributed by atoms with E-state index in [1.54, 1.807) is 0 Å². The fraction of sp³-hybridized carbons (Fsp3) is 0.318. The van der Waals surface area contributed by atoms with Gasteiger partial charge in [-0.25, -0.2) is 0 Å². The summed E-state index contributed by atoms with van der Waals surface area (Å²) in [6, 6.07) is 18.1. The van der Waals surface area contributed by atoms with E-state index in [9.17, 15) is 4.79 Å². The molecule has 2 N–H and O–H groups in total. The minimum absolute atomic E-state index is 0.0573. The Labute approximate surface area is 190 Å². The molecule has 31 heavy (non-hydrogen) atoms. The monoisotopic (exact) mass is 455 g/mol. The van der Waals surface area contributed by atoms with E-state index >= 15 is 0 Å². The highest BCUT2D eigenvalue weighted by atomic mass is 32.2. The van der Waals surface area contributed by atoms with Crippen molar-refractivity contribution in [3.8, 4) is 0 Å². The molecule has 9 heteroatoms. The number of carbonyl (C=O) groups is 1. The molecule has 1 aliphatic rings. The summed E-state index contributed by atoms with van der Waals surface area (Å²) in [7, 11) is 0. The van der Waals surface area contributed by atoms with E-state index in [4.69, 9.17) is 4.74 Å². The van der Waals surface area contributed by atoms with Gasteiger partial charge in [0, 0.05) is 31.0 Å². The highest BCUT2D eigenvalue weighted by molar-refractivity contribution is 8.02. The molecule has 3 aromatic rings. The maximum absolute atomic E-state index is 12.6. The van der Waals surface area contributed by atoms with Gasteiger partial charge in [-0.15, -0.1) is 10.2 Å². The van der Waals surface area contributed by atoms with Crippen molar-refractivity contribution in [1.82, 2.24) is 10.2 Å². The van der Waals surface area contributed by atoms with E-state index in [0.29, 0.717) is 6.54 Å². The van der Waals surface area contributed by atoms with Crippen LogP contribution >= 0.6 is 23.1 Å². The number of amides is 1. The fourth-order valence-electron chi connectivity index (χ4n) is 3.13. The molecule has 1 amide bonds. The molecule has 0 aliphatic carbocycles. The Bertz CT molecular complexity index is 975. The van der Waals surface area contributed by atoms with Gasteiger partial charge < -0.3 is 20.3 Å². The molecule has 1 atom stereocenters. The van der Waals surface area contributed by atoms with E-state index in [2.05, 4.69) is 37.9 Å². The summed E-state index contributed by atoms with van der Waals surface area (Å²) >= 11 is 2.87. The Morgan fingerprint density at radius 2 is 1.87 bits per heavy atom. The molecule has 1 unspecified atom stereocenters. The van der Waals surface area contributed by atoms with Crippen molar-refractivity contribution in [2.45, 2.75) is 23.1 Å². The number of nitrogens with one attached hydrogen (secondary N) is 2. The smallest absolute Gasteiger partial charge is 0.237 e. The third kappa shape index (κ3) is 6.19. The Morgan fingerprint density at radius 3 is 2.61 bits per heavy atom. The Hall–Kier alpha value is -2.62. The number of morpholine rings is 1. The van der Waals surface area contributed by atoms with Gasteiger partial charge in [-0.2, -0.15) is 0 Å². The highest BCUT2D eigenvalue weighted by Crippen LogP contribution is 2.30.